The first-order valence-electron chi connectivity index (χ1n) is 13.6. The number of anilines is 1. The van der Waals surface area contributed by atoms with Crippen molar-refractivity contribution in [3.05, 3.63) is 56.5 Å². The number of oxime groups is 1. The predicted octanol–water partition coefficient (Wildman–Crippen LogP) is 2.26. The van der Waals surface area contributed by atoms with Crippen LogP contribution in [-0.2, 0) is 35.3 Å². The van der Waals surface area contributed by atoms with E-state index in [4.69, 9.17) is 31.6 Å². The van der Waals surface area contributed by atoms with Gasteiger partial charge in [0.1, 0.15) is 35.9 Å². The number of esters is 1. The highest BCUT2D eigenvalue weighted by Gasteiger charge is 2.54. The minimum Gasteiger partial charge on any atom is -0.456 e. The number of nitrogens with two attached hydrogens (primary N) is 1. The number of hydrogen-bond donors (Lipinski definition) is 3. The molecule has 0 bridgehead atoms. The van der Waals surface area contributed by atoms with Gasteiger partial charge in [0.25, 0.3) is 17.5 Å². The van der Waals surface area contributed by atoms with Gasteiger partial charge in [0.2, 0.25) is 11.5 Å². The number of nitrogens with one attached hydrogen (secondary N) is 2. The van der Waals surface area contributed by atoms with Crippen molar-refractivity contribution in [2.45, 2.75) is 50.8 Å². The number of alkyl carbamates (subject to hydrolysis) is 1. The number of non-ortho nitro benzene ring substituents is 1. The maximum Gasteiger partial charge on any atom is 0.407 e. The van der Waals surface area contributed by atoms with E-state index in [0.29, 0.717) is 12.0 Å². The highest BCUT2D eigenvalue weighted by Crippen LogP contribution is 2.41. The highest BCUT2D eigenvalue weighted by molar-refractivity contribution is 8.00. The lowest BCUT2D eigenvalue weighted by atomic mass is 10.0. The number of hydrogen-bond acceptors (Lipinski definition) is 15. The number of nitro benzene ring substituents is 1. The second-order valence-electron chi connectivity index (χ2n) is 10.6. The van der Waals surface area contributed by atoms with Crippen LogP contribution in [0, 0.1) is 10.1 Å². The fourth-order valence-electron chi connectivity index (χ4n) is 3.98. The van der Waals surface area contributed by atoms with Gasteiger partial charge in [-0.3, -0.25) is 24.6 Å². The molecule has 1 aromatic heterocycles. The number of carbonyl (C=O) groups is 4. The van der Waals surface area contributed by atoms with Gasteiger partial charge >= 0.3 is 12.1 Å². The van der Waals surface area contributed by atoms with Crippen molar-refractivity contribution in [2.75, 3.05) is 24.6 Å². The summed E-state index contributed by atoms with van der Waals surface area (Å²) < 4.78 is 14.5. The Hall–Kier alpha value is -4.49. The van der Waals surface area contributed by atoms with E-state index in [1.807, 2.05) is 0 Å². The molecule has 20 heteroatoms. The average molecular weight is 697 g/mol. The number of carbonyl (C=O) groups excluding carboxylic acids is 4. The van der Waals surface area contributed by atoms with Gasteiger partial charge in [-0.15, -0.1) is 11.8 Å². The van der Waals surface area contributed by atoms with Crippen LogP contribution in [0.15, 0.2) is 40.2 Å². The molecule has 0 saturated carbocycles. The zero-order valence-corrected chi connectivity index (χ0v) is 27.1. The number of fused-ring (bicyclic) bond motifs is 1. The average Bonchev–Trinajstić information content (AvgIpc) is 3.42. The number of halogens is 1. The van der Waals surface area contributed by atoms with E-state index in [0.717, 1.165) is 16.4 Å². The van der Waals surface area contributed by atoms with Crippen molar-refractivity contribution in [1.82, 2.24) is 24.9 Å². The first-order chi connectivity index (χ1) is 21.7. The maximum absolute atomic E-state index is 13.3. The molecule has 1 aromatic carbocycles. The lowest BCUT2D eigenvalue weighted by molar-refractivity contribution is -0.384. The monoisotopic (exact) mass is 696 g/mol. The van der Waals surface area contributed by atoms with Crippen LogP contribution in [0.25, 0.3) is 0 Å². The number of ether oxygens (including phenoxy) is 2. The van der Waals surface area contributed by atoms with Crippen LogP contribution in [0.5, 0.6) is 0 Å². The topological polar surface area (TPSA) is 231 Å². The van der Waals surface area contributed by atoms with Crippen molar-refractivity contribution < 1.29 is 38.4 Å². The third-order valence-electron chi connectivity index (χ3n) is 6.02. The summed E-state index contributed by atoms with van der Waals surface area (Å²) in [4.78, 5) is 71.9. The second kappa shape index (κ2) is 14.7. The second-order valence-corrected chi connectivity index (χ2v) is 13.0. The number of thioether (sulfide) groups is 1. The molecule has 4 N–H and O–H groups in total. The fourth-order valence-corrected chi connectivity index (χ4v) is 5.96. The SMILES string of the molecule is CC(C)(C)OC(=O)NCCCON=C(C(=O)NC1C(=O)N2C(C(=O)OCc3ccc([N+](=O)[O-])cc3)=C(Cl)CS[C@@H]12)c1nsc(N)n1. The van der Waals surface area contributed by atoms with Crippen LogP contribution in [-0.4, -0.2) is 84.7 Å². The summed E-state index contributed by atoms with van der Waals surface area (Å²) in [6.07, 6.45) is -0.259. The Morgan fingerprint density at radius 1 is 1.26 bits per heavy atom. The van der Waals surface area contributed by atoms with Crippen molar-refractivity contribution >= 4 is 75.3 Å². The molecular weight excluding hydrogens is 668 g/mol. The van der Waals surface area contributed by atoms with Crippen LogP contribution < -0.4 is 16.4 Å². The van der Waals surface area contributed by atoms with Gasteiger partial charge in [0, 0.05) is 42.4 Å². The van der Waals surface area contributed by atoms with E-state index in [1.165, 1.54) is 36.0 Å². The van der Waals surface area contributed by atoms with E-state index in [2.05, 4.69) is 25.1 Å². The molecule has 1 saturated heterocycles. The van der Waals surface area contributed by atoms with Gasteiger partial charge in [0.05, 0.1) is 9.96 Å². The number of β-lactam (4-membered cyclic amide) rings is 1. The Kier molecular flexibility index (Phi) is 11.0. The fraction of sp³-hybridized carbons (Fsp3) is 0.423. The first kappa shape index (κ1) is 34.4. The number of nitro groups is 1. The molecule has 3 heterocycles. The normalized spacial score (nSPS) is 17.9. The van der Waals surface area contributed by atoms with Gasteiger partial charge in [-0.1, -0.05) is 16.8 Å². The summed E-state index contributed by atoms with van der Waals surface area (Å²) >= 11 is 8.36. The molecule has 0 aliphatic carbocycles. The summed E-state index contributed by atoms with van der Waals surface area (Å²) in [5.41, 5.74) is 4.91. The molecular formula is C26H29ClN8O9S2. The first-order valence-corrected chi connectivity index (χ1v) is 15.8. The van der Waals surface area contributed by atoms with E-state index >= 15 is 0 Å². The third-order valence-corrected chi connectivity index (χ3v) is 8.32. The Morgan fingerprint density at radius 2 is 1.98 bits per heavy atom. The molecule has 0 radical (unpaired) electrons. The number of amides is 3. The largest absolute Gasteiger partial charge is 0.456 e. The number of rotatable bonds is 12. The van der Waals surface area contributed by atoms with Crippen LogP contribution in [0.1, 0.15) is 38.6 Å². The number of aromatic nitrogens is 2. The molecule has 246 valence electrons. The zero-order valence-electron chi connectivity index (χ0n) is 24.7. The number of nitrogen functional groups attached to an aromatic ring is 1. The molecule has 1 unspecified atom stereocenters. The molecule has 46 heavy (non-hydrogen) atoms. The van der Waals surface area contributed by atoms with E-state index in [1.54, 1.807) is 20.8 Å². The quantitative estimate of drug-likeness (QED) is 0.0723. The zero-order chi connectivity index (χ0) is 33.6. The van der Waals surface area contributed by atoms with E-state index < -0.39 is 45.8 Å². The Morgan fingerprint density at radius 3 is 2.61 bits per heavy atom. The van der Waals surface area contributed by atoms with Gasteiger partial charge in [-0.25, -0.2) is 9.59 Å². The van der Waals surface area contributed by atoms with Gasteiger partial charge in [-0.05, 0) is 38.5 Å². The predicted molar refractivity (Wildman–Crippen MR) is 166 cm³/mol. The minimum absolute atomic E-state index is 0.00938. The highest BCUT2D eigenvalue weighted by atomic mass is 35.5. The van der Waals surface area contributed by atoms with Crippen molar-refractivity contribution in [3.63, 3.8) is 0 Å². The van der Waals surface area contributed by atoms with Crippen LogP contribution in [0.3, 0.4) is 0 Å². The molecule has 3 amide bonds. The summed E-state index contributed by atoms with van der Waals surface area (Å²) in [5, 5.41) is 19.4. The van der Waals surface area contributed by atoms with Gasteiger partial charge < -0.3 is 30.7 Å². The molecule has 4 rings (SSSR count). The molecule has 2 aliphatic heterocycles. The number of benzene rings is 1. The third kappa shape index (κ3) is 8.61. The Balaban J connectivity index is 1.35. The Bertz CT molecular complexity index is 1580. The summed E-state index contributed by atoms with van der Waals surface area (Å²) in [5.74, 6) is -2.27. The molecule has 17 nitrogen and oxygen atoms in total. The Labute approximate surface area is 275 Å². The summed E-state index contributed by atoms with van der Waals surface area (Å²) in [6.45, 7) is 5.23. The molecule has 0 spiro atoms. The summed E-state index contributed by atoms with van der Waals surface area (Å²) in [7, 11) is 0. The van der Waals surface area contributed by atoms with Crippen LogP contribution in [0.2, 0.25) is 0 Å². The molecule has 2 aromatic rings. The molecule has 2 atom stereocenters. The van der Waals surface area contributed by atoms with Gasteiger partial charge in [0.15, 0.2) is 5.13 Å². The maximum atomic E-state index is 13.3. The van der Waals surface area contributed by atoms with Crippen LogP contribution in [0.4, 0.5) is 15.6 Å². The standard InChI is InChI=1S/C26H29ClN8O9S2/c1-26(2,3)44-25(39)29-9-4-10-43-32-16(19-31-24(28)46-33-19)20(36)30-17-21(37)34-18(15(27)12-45-22(17)34)23(38)42-11-13-5-7-14(8-6-13)35(40)41/h5-8,17,22H,4,9-12H2,1-3H3,(H,29,39)(H,30,36)(H2,28,31,33)/t17?,22-/m0/s1. The van der Waals surface area contributed by atoms with E-state index in [9.17, 15) is 29.3 Å². The van der Waals surface area contributed by atoms with Gasteiger partial charge in [-0.2, -0.15) is 9.36 Å². The summed E-state index contributed by atoms with van der Waals surface area (Å²) in [6, 6.07) is 4.37. The van der Waals surface area contributed by atoms with Crippen LogP contribution >= 0.6 is 34.9 Å². The molecule has 1 fully saturated rings. The van der Waals surface area contributed by atoms with E-state index in [-0.39, 0.29) is 58.6 Å². The smallest absolute Gasteiger partial charge is 0.407 e. The molecule has 2 aliphatic rings. The lowest BCUT2D eigenvalue weighted by Gasteiger charge is -2.49. The van der Waals surface area contributed by atoms with Crippen molar-refractivity contribution in [1.29, 1.82) is 0 Å². The number of nitrogens with zero attached hydrogens (tertiary/aromatic N) is 5. The van der Waals surface area contributed by atoms with Crippen molar-refractivity contribution in [3.8, 4) is 0 Å². The lowest BCUT2D eigenvalue weighted by Crippen LogP contribution is -2.71. The van der Waals surface area contributed by atoms with Crippen molar-refractivity contribution in [2.24, 2.45) is 5.16 Å². The minimum atomic E-state index is -1.06.